The van der Waals surface area contributed by atoms with E-state index in [1.54, 1.807) is 12.1 Å². The molecule has 1 aliphatic heterocycles. The van der Waals surface area contributed by atoms with Gasteiger partial charge in [-0.2, -0.15) is 0 Å². The first kappa shape index (κ1) is 15.3. The maximum atomic E-state index is 9.64. The molecule has 0 amide bonds. The number of benzene rings is 2. The molecule has 3 heteroatoms. The number of rotatable bonds is 3. The van der Waals surface area contributed by atoms with E-state index in [0.29, 0.717) is 11.7 Å². The second-order valence-electron chi connectivity index (χ2n) is 6.77. The molecule has 0 bridgehead atoms. The van der Waals surface area contributed by atoms with Crippen molar-refractivity contribution in [3.63, 3.8) is 0 Å². The van der Waals surface area contributed by atoms with Gasteiger partial charge in [0, 0.05) is 31.2 Å². The van der Waals surface area contributed by atoms with E-state index < -0.39 is 0 Å². The second-order valence-corrected chi connectivity index (χ2v) is 6.77. The van der Waals surface area contributed by atoms with Gasteiger partial charge in [0.2, 0.25) is 0 Å². The Morgan fingerprint density at radius 3 is 2.75 bits per heavy atom. The van der Waals surface area contributed by atoms with E-state index in [1.807, 2.05) is 12.1 Å². The summed E-state index contributed by atoms with van der Waals surface area (Å²) in [5, 5.41) is 13.3. The monoisotopic (exact) mass is 320 g/mol. The number of nitrogens with one attached hydrogen (secondary N) is 1. The minimum Gasteiger partial charge on any atom is -0.508 e. The fourth-order valence-electron chi connectivity index (χ4n) is 4.36. The fourth-order valence-corrected chi connectivity index (χ4v) is 4.36. The first-order valence-electron chi connectivity index (χ1n) is 8.79. The molecule has 0 spiro atoms. The standard InChI is InChI=1S/C21H24N2O/c1-2-21(20-12-7-16-5-3-4-6-19(16)20)15-22-13-14-23(21)17-8-10-18(24)11-9-17/h3-12,20,22,24H,2,13-15H2,1H3. The molecule has 0 saturated carbocycles. The molecule has 124 valence electrons. The third-order valence-electron chi connectivity index (χ3n) is 5.63. The van der Waals surface area contributed by atoms with Crippen LogP contribution in [0.2, 0.25) is 0 Å². The molecule has 24 heavy (non-hydrogen) atoms. The van der Waals surface area contributed by atoms with Gasteiger partial charge in [-0.25, -0.2) is 0 Å². The highest BCUT2D eigenvalue weighted by molar-refractivity contribution is 5.65. The lowest BCUT2D eigenvalue weighted by atomic mass is 9.75. The summed E-state index contributed by atoms with van der Waals surface area (Å²) in [6.45, 7) is 5.22. The van der Waals surface area contributed by atoms with Gasteiger partial charge in [-0.05, 0) is 41.8 Å². The Labute approximate surface area is 143 Å². The summed E-state index contributed by atoms with van der Waals surface area (Å²) >= 11 is 0. The average molecular weight is 320 g/mol. The lowest BCUT2D eigenvalue weighted by molar-refractivity contribution is 0.290. The van der Waals surface area contributed by atoms with Crippen LogP contribution in [0, 0.1) is 0 Å². The van der Waals surface area contributed by atoms with Crippen molar-refractivity contribution in [2.24, 2.45) is 0 Å². The number of piperazine rings is 1. The van der Waals surface area contributed by atoms with E-state index in [4.69, 9.17) is 0 Å². The van der Waals surface area contributed by atoms with Crippen molar-refractivity contribution in [3.8, 4) is 5.75 Å². The minimum absolute atomic E-state index is 0.0122. The molecular formula is C21H24N2O. The lowest BCUT2D eigenvalue weighted by Gasteiger charge is -2.52. The van der Waals surface area contributed by atoms with Gasteiger partial charge in [-0.3, -0.25) is 0 Å². The number of fused-ring (bicyclic) bond motifs is 1. The molecule has 1 saturated heterocycles. The van der Waals surface area contributed by atoms with Gasteiger partial charge in [-0.1, -0.05) is 43.3 Å². The Bertz CT molecular complexity index is 753. The van der Waals surface area contributed by atoms with Crippen LogP contribution in [0.3, 0.4) is 0 Å². The Hall–Kier alpha value is -2.26. The van der Waals surface area contributed by atoms with E-state index in [0.717, 1.165) is 26.1 Å². The SMILES string of the molecule is CCC1(C2C=Cc3ccccc32)CNCCN1c1ccc(O)cc1. The van der Waals surface area contributed by atoms with Crippen molar-refractivity contribution in [1.82, 2.24) is 5.32 Å². The van der Waals surface area contributed by atoms with Gasteiger partial charge in [0.15, 0.2) is 0 Å². The Morgan fingerprint density at radius 1 is 1.17 bits per heavy atom. The van der Waals surface area contributed by atoms with E-state index in [1.165, 1.54) is 16.8 Å². The molecule has 0 radical (unpaired) electrons. The van der Waals surface area contributed by atoms with Gasteiger partial charge >= 0.3 is 0 Å². The van der Waals surface area contributed by atoms with Crippen LogP contribution in [0.1, 0.15) is 30.4 Å². The fraction of sp³-hybridized carbons (Fsp3) is 0.333. The first-order chi connectivity index (χ1) is 11.7. The number of phenolic OH excluding ortho intramolecular Hbond substituents is 1. The van der Waals surface area contributed by atoms with E-state index in [2.05, 4.69) is 53.6 Å². The molecule has 2 aliphatic rings. The minimum atomic E-state index is 0.0122. The van der Waals surface area contributed by atoms with Crippen LogP contribution in [0.5, 0.6) is 5.75 Å². The van der Waals surface area contributed by atoms with Gasteiger partial charge in [-0.15, -0.1) is 0 Å². The molecule has 2 unspecified atom stereocenters. The van der Waals surface area contributed by atoms with Crippen LogP contribution in [0.15, 0.2) is 54.6 Å². The van der Waals surface area contributed by atoms with Gasteiger partial charge < -0.3 is 15.3 Å². The molecule has 2 N–H and O–H groups in total. The van der Waals surface area contributed by atoms with Crippen molar-refractivity contribution in [3.05, 3.63) is 65.7 Å². The average Bonchev–Trinajstić information content (AvgIpc) is 3.07. The summed E-state index contributed by atoms with van der Waals surface area (Å²) in [5.74, 6) is 0.697. The predicted octanol–water partition coefficient (Wildman–Crippen LogP) is 3.76. The zero-order chi connectivity index (χ0) is 16.6. The highest BCUT2D eigenvalue weighted by atomic mass is 16.3. The van der Waals surface area contributed by atoms with E-state index in [9.17, 15) is 5.11 Å². The Balaban J connectivity index is 1.79. The number of hydrogen-bond acceptors (Lipinski definition) is 3. The van der Waals surface area contributed by atoms with Gasteiger partial charge in [0.25, 0.3) is 0 Å². The smallest absolute Gasteiger partial charge is 0.115 e. The third-order valence-corrected chi connectivity index (χ3v) is 5.63. The quantitative estimate of drug-likeness (QED) is 0.904. The number of anilines is 1. The summed E-state index contributed by atoms with van der Waals surface area (Å²) in [4.78, 5) is 2.54. The van der Waals surface area contributed by atoms with Crippen molar-refractivity contribution in [2.45, 2.75) is 24.8 Å². The van der Waals surface area contributed by atoms with Crippen LogP contribution in [0.4, 0.5) is 5.69 Å². The van der Waals surface area contributed by atoms with Crippen molar-refractivity contribution in [1.29, 1.82) is 0 Å². The molecule has 1 fully saturated rings. The molecule has 1 heterocycles. The maximum absolute atomic E-state index is 9.64. The van der Waals surface area contributed by atoms with Crippen LogP contribution >= 0.6 is 0 Å². The van der Waals surface area contributed by atoms with Crippen molar-refractivity contribution in [2.75, 3.05) is 24.5 Å². The summed E-state index contributed by atoms with van der Waals surface area (Å²) in [5.41, 5.74) is 3.96. The zero-order valence-corrected chi connectivity index (χ0v) is 14.1. The molecule has 2 atom stereocenters. The molecule has 4 rings (SSSR count). The zero-order valence-electron chi connectivity index (χ0n) is 14.1. The third kappa shape index (κ3) is 2.31. The highest BCUT2D eigenvalue weighted by Crippen LogP contribution is 2.45. The van der Waals surface area contributed by atoms with E-state index >= 15 is 0 Å². The van der Waals surface area contributed by atoms with Crippen molar-refractivity contribution >= 4 is 11.8 Å². The second kappa shape index (κ2) is 5.99. The number of phenols is 1. The summed E-state index contributed by atoms with van der Waals surface area (Å²) < 4.78 is 0. The highest BCUT2D eigenvalue weighted by Gasteiger charge is 2.45. The van der Waals surface area contributed by atoms with Crippen LogP contribution in [0.25, 0.3) is 6.08 Å². The van der Waals surface area contributed by atoms with Gasteiger partial charge in [0.05, 0.1) is 5.54 Å². The maximum Gasteiger partial charge on any atom is 0.115 e. The first-order valence-corrected chi connectivity index (χ1v) is 8.79. The molecule has 2 aromatic carbocycles. The number of hydrogen-bond donors (Lipinski definition) is 2. The molecular weight excluding hydrogens is 296 g/mol. The van der Waals surface area contributed by atoms with E-state index in [-0.39, 0.29) is 5.54 Å². The molecule has 2 aromatic rings. The summed E-state index contributed by atoms with van der Waals surface area (Å²) in [6, 6.07) is 16.4. The predicted molar refractivity (Wildman–Crippen MR) is 99.6 cm³/mol. The molecule has 0 aromatic heterocycles. The van der Waals surface area contributed by atoms with Crippen LogP contribution in [-0.4, -0.2) is 30.3 Å². The normalized spacial score (nSPS) is 25.7. The number of nitrogens with zero attached hydrogens (tertiary/aromatic N) is 1. The Kier molecular flexibility index (Phi) is 3.81. The lowest BCUT2D eigenvalue weighted by Crippen LogP contribution is -2.63. The molecule has 3 nitrogen and oxygen atoms in total. The number of aromatic hydroxyl groups is 1. The summed E-state index contributed by atoms with van der Waals surface area (Å²) in [7, 11) is 0. The van der Waals surface area contributed by atoms with Crippen molar-refractivity contribution < 1.29 is 5.11 Å². The topological polar surface area (TPSA) is 35.5 Å². The molecule has 1 aliphatic carbocycles. The largest absolute Gasteiger partial charge is 0.508 e. The van der Waals surface area contributed by atoms with Crippen LogP contribution in [-0.2, 0) is 0 Å². The Morgan fingerprint density at radius 2 is 1.96 bits per heavy atom. The summed E-state index contributed by atoms with van der Waals surface area (Å²) in [6.07, 6.45) is 5.69. The van der Waals surface area contributed by atoms with Gasteiger partial charge in [0.1, 0.15) is 5.75 Å². The van der Waals surface area contributed by atoms with Crippen LogP contribution < -0.4 is 10.2 Å².